The molecule has 0 aliphatic rings. The zero-order valence-corrected chi connectivity index (χ0v) is 9.34. The number of benzene rings is 2. The van der Waals surface area contributed by atoms with Gasteiger partial charge in [0.15, 0.2) is 5.78 Å². The molecule has 4 heteroatoms. The quantitative estimate of drug-likeness (QED) is 0.742. The van der Waals surface area contributed by atoms with Gasteiger partial charge >= 0.3 is 0 Å². The van der Waals surface area contributed by atoms with Crippen LogP contribution < -0.4 is 0 Å². The number of carbonyl (C=O) groups is 1. The summed E-state index contributed by atoms with van der Waals surface area (Å²) in [5.41, 5.74) is -0.170. The maximum Gasteiger partial charge on any atom is 0.197 e. The van der Waals surface area contributed by atoms with Gasteiger partial charge in [0.05, 0.1) is 10.6 Å². The lowest BCUT2D eigenvalue weighted by Gasteiger charge is -2.04. The molecule has 0 saturated heterocycles. The predicted octanol–water partition coefficient (Wildman–Crippen LogP) is 3.85. The molecule has 0 heterocycles. The van der Waals surface area contributed by atoms with Crippen molar-refractivity contribution >= 4 is 17.4 Å². The van der Waals surface area contributed by atoms with Crippen LogP contribution in [0.4, 0.5) is 8.78 Å². The first-order valence-corrected chi connectivity index (χ1v) is 5.21. The van der Waals surface area contributed by atoms with Crippen molar-refractivity contribution in [1.82, 2.24) is 0 Å². The third-order valence-electron chi connectivity index (χ3n) is 2.29. The lowest BCUT2D eigenvalue weighted by atomic mass is 10.0. The van der Waals surface area contributed by atoms with Crippen LogP contribution in [-0.2, 0) is 0 Å². The zero-order chi connectivity index (χ0) is 12.4. The molecule has 2 aromatic rings. The molecule has 0 N–H and O–H groups in total. The summed E-state index contributed by atoms with van der Waals surface area (Å²) in [6.07, 6.45) is 0. The topological polar surface area (TPSA) is 17.1 Å². The lowest BCUT2D eigenvalue weighted by molar-refractivity contribution is 0.103. The Kier molecular flexibility index (Phi) is 3.20. The van der Waals surface area contributed by atoms with Crippen molar-refractivity contribution in [2.45, 2.75) is 0 Å². The van der Waals surface area contributed by atoms with Crippen molar-refractivity contribution < 1.29 is 13.6 Å². The maximum atomic E-state index is 13.4. The normalized spacial score (nSPS) is 10.3. The summed E-state index contributed by atoms with van der Waals surface area (Å²) in [6, 6.07) is 8.91. The van der Waals surface area contributed by atoms with Crippen LogP contribution in [0.1, 0.15) is 15.9 Å². The average molecular weight is 253 g/mol. The molecule has 0 aliphatic carbocycles. The third-order valence-corrected chi connectivity index (χ3v) is 2.62. The predicted molar refractivity (Wildman–Crippen MR) is 61.2 cm³/mol. The molecule has 0 aliphatic heterocycles. The van der Waals surface area contributed by atoms with Gasteiger partial charge in [0.2, 0.25) is 0 Å². The van der Waals surface area contributed by atoms with Crippen LogP contribution in [0, 0.1) is 11.6 Å². The summed E-state index contributed by atoms with van der Waals surface area (Å²) in [6.45, 7) is 0. The molecule has 17 heavy (non-hydrogen) atoms. The van der Waals surface area contributed by atoms with Gasteiger partial charge in [-0.25, -0.2) is 8.78 Å². The molecule has 0 fully saturated rings. The Hall–Kier alpha value is -1.74. The second-order valence-corrected chi connectivity index (χ2v) is 3.84. The summed E-state index contributed by atoms with van der Waals surface area (Å²) in [5, 5.41) is 0.0969. The highest BCUT2D eigenvalue weighted by atomic mass is 35.5. The van der Waals surface area contributed by atoms with Gasteiger partial charge in [-0.3, -0.25) is 4.79 Å². The van der Waals surface area contributed by atoms with E-state index < -0.39 is 17.4 Å². The summed E-state index contributed by atoms with van der Waals surface area (Å²) < 4.78 is 26.4. The van der Waals surface area contributed by atoms with Crippen molar-refractivity contribution in [3.8, 4) is 0 Å². The second-order valence-electron chi connectivity index (χ2n) is 3.43. The second kappa shape index (κ2) is 4.63. The third kappa shape index (κ3) is 2.34. The molecule has 0 amide bonds. The molecule has 0 unspecified atom stereocenters. The minimum absolute atomic E-state index is 0.0447. The van der Waals surface area contributed by atoms with E-state index in [0.717, 1.165) is 12.1 Å². The van der Waals surface area contributed by atoms with E-state index >= 15 is 0 Å². The lowest BCUT2D eigenvalue weighted by Crippen LogP contribution is -2.05. The first-order valence-electron chi connectivity index (χ1n) is 4.84. The van der Waals surface area contributed by atoms with Crippen LogP contribution in [0.25, 0.3) is 0 Å². The van der Waals surface area contributed by atoms with Gasteiger partial charge in [-0.05, 0) is 30.3 Å². The molecule has 0 atom stereocenters. The fourth-order valence-electron chi connectivity index (χ4n) is 1.46. The van der Waals surface area contributed by atoms with Crippen LogP contribution in [0.3, 0.4) is 0 Å². The largest absolute Gasteiger partial charge is 0.288 e. The Balaban J connectivity index is 2.51. The Labute approximate surface area is 102 Å². The average Bonchev–Trinajstić information content (AvgIpc) is 2.32. The van der Waals surface area contributed by atoms with Crippen LogP contribution in [-0.4, -0.2) is 5.78 Å². The van der Waals surface area contributed by atoms with E-state index in [4.69, 9.17) is 11.6 Å². The fourth-order valence-corrected chi connectivity index (χ4v) is 1.67. The smallest absolute Gasteiger partial charge is 0.197 e. The molecule has 0 saturated carbocycles. The number of carbonyl (C=O) groups excluding carboxylic acids is 1. The minimum atomic E-state index is -0.655. The van der Waals surface area contributed by atoms with Crippen LogP contribution in [0.15, 0.2) is 42.5 Å². The summed E-state index contributed by atoms with van der Waals surface area (Å²) in [4.78, 5) is 11.9. The standard InChI is InChI=1S/C13H7ClF2O/c14-11-6-5-8(15)7-10(11)13(17)9-3-1-2-4-12(9)16/h1-7H. The monoisotopic (exact) mass is 252 g/mol. The Morgan fingerprint density at radius 2 is 1.71 bits per heavy atom. The maximum absolute atomic E-state index is 13.4. The first kappa shape index (κ1) is 11.7. The van der Waals surface area contributed by atoms with E-state index in [1.54, 1.807) is 0 Å². The minimum Gasteiger partial charge on any atom is -0.288 e. The Morgan fingerprint density at radius 3 is 2.41 bits per heavy atom. The summed E-state index contributed by atoms with van der Waals surface area (Å²) >= 11 is 5.78. The van der Waals surface area contributed by atoms with Crippen LogP contribution in [0.2, 0.25) is 5.02 Å². The van der Waals surface area contributed by atoms with E-state index in [-0.39, 0.29) is 16.1 Å². The molecule has 0 aromatic heterocycles. The van der Waals surface area contributed by atoms with Gasteiger partial charge < -0.3 is 0 Å². The number of ketones is 1. The highest BCUT2D eigenvalue weighted by Gasteiger charge is 2.16. The summed E-state index contributed by atoms with van der Waals surface area (Å²) in [5.74, 6) is -1.88. The van der Waals surface area contributed by atoms with Crippen LogP contribution in [0.5, 0.6) is 0 Å². The number of hydrogen-bond acceptors (Lipinski definition) is 1. The molecular weight excluding hydrogens is 246 g/mol. The number of hydrogen-bond donors (Lipinski definition) is 0. The van der Waals surface area contributed by atoms with E-state index in [1.165, 1.54) is 30.3 Å². The van der Waals surface area contributed by atoms with Crippen molar-refractivity contribution in [1.29, 1.82) is 0 Å². The van der Waals surface area contributed by atoms with Gasteiger partial charge in [-0.2, -0.15) is 0 Å². The zero-order valence-electron chi connectivity index (χ0n) is 8.58. The van der Waals surface area contributed by atoms with Crippen molar-refractivity contribution in [2.24, 2.45) is 0 Å². The summed E-state index contributed by atoms with van der Waals surface area (Å²) in [7, 11) is 0. The van der Waals surface area contributed by atoms with Gasteiger partial charge in [0.25, 0.3) is 0 Å². The number of halogens is 3. The van der Waals surface area contributed by atoms with E-state index in [1.807, 2.05) is 0 Å². The highest BCUT2D eigenvalue weighted by Crippen LogP contribution is 2.21. The Bertz CT molecular complexity index is 581. The van der Waals surface area contributed by atoms with Gasteiger partial charge in [-0.15, -0.1) is 0 Å². The molecule has 2 rings (SSSR count). The van der Waals surface area contributed by atoms with E-state index in [2.05, 4.69) is 0 Å². The molecule has 0 bridgehead atoms. The van der Waals surface area contributed by atoms with Gasteiger partial charge in [0, 0.05) is 5.56 Å². The number of rotatable bonds is 2. The SMILES string of the molecule is O=C(c1ccccc1F)c1cc(F)ccc1Cl. The van der Waals surface area contributed by atoms with Crippen LogP contribution >= 0.6 is 11.6 Å². The van der Waals surface area contributed by atoms with Crippen molar-refractivity contribution in [3.05, 3.63) is 70.2 Å². The van der Waals surface area contributed by atoms with E-state index in [0.29, 0.717) is 0 Å². The first-order chi connectivity index (χ1) is 8.09. The highest BCUT2D eigenvalue weighted by molar-refractivity contribution is 6.35. The Morgan fingerprint density at radius 1 is 1.00 bits per heavy atom. The fraction of sp³-hybridized carbons (Fsp3) is 0. The van der Waals surface area contributed by atoms with Crippen molar-refractivity contribution in [2.75, 3.05) is 0 Å². The molecule has 1 nitrogen and oxygen atoms in total. The molecule has 86 valence electrons. The van der Waals surface area contributed by atoms with Gasteiger partial charge in [-0.1, -0.05) is 23.7 Å². The van der Waals surface area contributed by atoms with Crippen molar-refractivity contribution in [3.63, 3.8) is 0 Å². The molecule has 0 spiro atoms. The molecular formula is C13H7ClF2O. The van der Waals surface area contributed by atoms with E-state index in [9.17, 15) is 13.6 Å². The van der Waals surface area contributed by atoms with Gasteiger partial charge in [0.1, 0.15) is 11.6 Å². The molecule has 2 aromatic carbocycles. The molecule has 0 radical (unpaired) electrons.